The van der Waals surface area contributed by atoms with Gasteiger partial charge in [0.15, 0.2) is 0 Å². The van der Waals surface area contributed by atoms with Crippen LogP contribution in [0.3, 0.4) is 0 Å². The monoisotopic (exact) mass is 180 g/mol. The molecule has 12 heavy (non-hydrogen) atoms. The van der Waals surface area contributed by atoms with Crippen molar-refractivity contribution >= 4 is 22.0 Å². The Morgan fingerprint density at radius 2 is 2.08 bits per heavy atom. The van der Waals surface area contributed by atoms with Crippen molar-refractivity contribution in [3.8, 4) is 0 Å². The zero-order valence-electron chi connectivity index (χ0n) is 6.36. The molecular weight excluding hydrogens is 172 g/mol. The van der Waals surface area contributed by atoms with Crippen molar-refractivity contribution in [3.63, 3.8) is 0 Å². The number of carbonyl (C=O) groups is 1. The Labute approximate surface area is 72.3 Å². The molecule has 0 radical (unpaired) electrons. The molecule has 62 valence electrons. The Morgan fingerprint density at radius 1 is 1.33 bits per heavy atom. The van der Waals surface area contributed by atoms with Gasteiger partial charge in [-0.1, -0.05) is 24.3 Å². The van der Waals surface area contributed by atoms with Gasteiger partial charge in [-0.25, -0.2) is 4.79 Å². The molecule has 2 nitrogen and oxygen atoms in total. The summed E-state index contributed by atoms with van der Waals surface area (Å²) in [6.45, 7) is 0. The Kier molecular flexibility index (Phi) is 1.83. The van der Waals surface area contributed by atoms with E-state index in [1.54, 1.807) is 12.1 Å². The highest BCUT2D eigenvalue weighted by atomic mass is 32.2. The van der Waals surface area contributed by atoms with Crippen LogP contribution >= 0.6 is 0 Å². The van der Waals surface area contributed by atoms with E-state index in [0.717, 1.165) is 5.22 Å². The summed E-state index contributed by atoms with van der Waals surface area (Å²) in [5.41, 5.74) is 0. The van der Waals surface area contributed by atoms with Crippen molar-refractivity contribution < 1.29 is 9.35 Å². The normalized spacial score (nSPS) is 21.4. The van der Waals surface area contributed by atoms with Crippen LogP contribution in [0.25, 0.3) is 6.08 Å². The minimum atomic E-state index is -1.79. The number of rotatable bonds is 0. The van der Waals surface area contributed by atoms with Crippen LogP contribution in [-0.4, -0.2) is 9.67 Å². The zero-order valence-corrected chi connectivity index (χ0v) is 7.25. The van der Waals surface area contributed by atoms with E-state index < -0.39 is 10.8 Å². The predicted molar refractivity (Wildman–Crippen MR) is 48.5 cm³/mol. The third-order valence-electron chi connectivity index (χ3n) is 1.88. The lowest BCUT2D eigenvalue weighted by molar-refractivity contribution is -0.110. The highest BCUT2D eigenvalue weighted by Gasteiger charge is 2.09. The molecule has 0 saturated carbocycles. The van der Waals surface area contributed by atoms with E-state index in [2.05, 4.69) is 0 Å². The topological polar surface area (TPSA) is 40.1 Å². The van der Waals surface area contributed by atoms with Crippen molar-refractivity contribution in [2.75, 3.05) is 0 Å². The summed E-state index contributed by atoms with van der Waals surface area (Å²) in [6, 6.07) is 7.32. The molecule has 0 aliphatic carbocycles. The van der Waals surface area contributed by atoms with Crippen LogP contribution in [0.4, 0.5) is 0 Å². The maximum absolute atomic E-state index is 11.4. The SMILES string of the molecule is O=C1CC=c2ccccc2=[SH+]1[O-]. The Balaban J connectivity index is 2.92. The molecule has 0 saturated heterocycles. The third-order valence-corrected chi connectivity index (χ3v) is 3.36. The minimum Gasteiger partial charge on any atom is -0.644 e. The smallest absolute Gasteiger partial charge is 0.294 e. The van der Waals surface area contributed by atoms with Crippen LogP contribution in [0.1, 0.15) is 6.42 Å². The summed E-state index contributed by atoms with van der Waals surface area (Å²) < 4.78 is 12.1. The second kappa shape index (κ2) is 2.84. The average Bonchev–Trinajstić information content (AvgIpc) is 2.12. The summed E-state index contributed by atoms with van der Waals surface area (Å²) in [7, 11) is -1.79. The van der Waals surface area contributed by atoms with Gasteiger partial charge in [0.05, 0.1) is 6.42 Å². The zero-order chi connectivity index (χ0) is 8.55. The average molecular weight is 180 g/mol. The van der Waals surface area contributed by atoms with E-state index >= 15 is 0 Å². The van der Waals surface area contributed by atoms with Gasteiger partial charge < -0.3 is 4.55 Å². The fraction of sp³-hybridized carbons (Fsp3) is 0.111. The van der Waals surface area contributed by atoms with Crippen LogP contribution in [0, 0.1) is 4.51 Å². The lowest BCUT2D eigenvalue weighted by atomic mass is 10.2. The Bertz CT molecular complexity index is 448. The van der Waals surface area contributed by atoms with Gasteiger partial charge in [0, 0.05) is 5.22 Å². The number of benzene rings is 1. The summed E-state index contributed by atoms with van der Waals surface area (Å²) in [6.07, 6.45) is 2.14. The molecule has 0 N–H and O–H groups in total. The summed E-state index contributed by atoms with van der Waals surface area (Å²) in [5, 5.41) is 0.780. The quantitative estimate of drug-likeness (QED) is 0.323. The highest BCUT2D eigenvalue weighted by molar-refractivity contribution is 7.99. The van der Waals surface area contributed by atoms with Gasteiger partial charge in [-0.3, -0.25) is 0 Å². The first-order chi connectivity index (χ1) is 5.79. The lowest BCUT2D eigenvalue weighted by Crippen LogP contribution is -2.18. The highest BCUT2D eigenvalue weighted by Crippen LogP contribution is 2.00. The summed E-state index contributed by atoms with van der Waals surface area (Å²) in [5.74, 6) is 0. The van der Waals surface area contributed by atoms with Gasteiger partial charge >= 0.3 is 0 Å². The van der Waals surface area contributed by atoms with E-state index in [1.165, 1.54) is 0 Å². The molecule has 0 fully saturated rings. The van der Waals surface area contributed by atoms with E-state index in [1.807, 2.05) is 18.2 Å². The van der Waals surface area contributed by atoms with Gasteiger partial charge in [-0.05, 0) is 6.07 Å². The predicted octanol–water partition coefficient (Wildman–Crippen LogP) is 0.129. The fourth-order valence-electron chi connectivity index (χ4n) is 1.26. The summed E-state index contributed by atoms with van der Waals surface area (Å²) in [4.78, 5) is 11.0. The molecule has 0 aromatic heterocycles. The molecule has 1 atom stereocenters. The fourth-order valence-corrected chi connectivity index (χ4v) is 2.41. The minimum absolute atomic E-state index is 0.163. The largest absolute Gasteiger partial charge is 0.644 e. The van der Waals surface area contributed by atoms with E-state index in [9.17, 15) is 9.35 Å². The second-order valence-electron chi connectivity index (χ2n) is 2.66. The number of carbonyl (C=O) groups excluding carboxylic acids is 1. The van der Waals surface area contributed by atoms with Gasteiger partial charge in [0.25, 0.3) is 5.12 Å². The molecular formula is C9H8O2S. The van der Waals surface area contributed by atoms with Crippen molar-refractivity contribution in [2.45, 2.75) is 6.42 Å². The molecule has 2 rings (SSSR count). The van der Waals surface area contributed by atoms with Crippen LogP contribution < -0.4 is 5.22 Å². The molecule has 0 bridgehead atoms. The maximum Gasteiger partial charge on any atom is 0.294 e. The molecule has 0 spiro atoms. The number of fused-ring (bicyclic) bond motifs is 1. The molecule has 1 aliphatic heterocycles. The van der Waals surface area contributed by atoms with Crippen molar-refractivity contribution in [2.24, 2.45) is 0 Å². The van der Waals surface area contributed by atoms with Gasteiger partial charge in [0.1, 0.15) is 4.51 Å². The molecule has 1 unspecified atom stereocenters. The summed E-state index contributed by atoms with van der Waals surface area (Å²) >= 11 is 0. The van der Waals surface area contributed by atoms with Crippen molar-refractivity contribution in [3.05, 3.63) is 34.0 Å². The first-order valence-corrected chi connectivity index (χ1v) is 4.97. The first-order valence-electron chi connectivity index (χ1n) is 3.71. The van der Waals surface area contributed by atoms with Crippen LogP contribution in [0.15, 0.2) is 24.3 Å². The third kappa shape index (κ3) is 1.11. The Morgan fingerprint density at radius 3 is 2.92 bits per heavy atom. The van der Waals surface area contributed by atoms with E-state index in [0.29, 0.717) is 10.9 Å². The van der Waals surface area contributed by atoms with Gasteiger partial charge in [-0.15, -0.1) is 10.8 Å². The van der Waals surface area contributed by atoms with Crippen molar-refractivity contribution in [1.29, 1.82) is 0 Å². The van der Waals surface area contributed by atoms with E-state index in [4.69, 9.17) is 0 Å². The van der Waals surface area contributed by atoms with E-state index in [-0.39, 0.29) is 5.12 Å². The molecule has 0 amide bonds. The molecule has 1 aliphatic rings. The van der Waals surface area contributed by atoms with Gasteiger partial charge in [0.2, 0.25) is 0 Å². The molecule has 1 aromatic rings. The number of hydrogen-bond donors (Lipinski definition) is 0. The second-order valence-corrected chi connectivity index (χ2v) is 4.22. The molecule has 1 heterocycles. The van der Waals surface area contributed by atoms with Crippen LogP contribution in [0.5, 0.6) is 0 Å². The van der Waals surface area contributed by atoms with Crippen LogP contribution in [0.2, 0.25) is 0 Å². The lowest BCUT2D eigenvalue weighted by Gasteiger charge is -2.06. The van der Waals surface area contributed by atoms with Crippen LogP contribution in [-0.2, 0) is 15.6 Å². The molecule has 1 aromatic carbocycles. The standard InChI is InChI=1S/C9H8O2S/c10-9-6-5-7-3-1-2-4-8(7)12(9)11/h1-5,12H,6H2. The van der Waals surface area contributed by atoms with Gasteiger partial charge in [-0.2, -0.15) is 0 Å². The number of thiol groups is 1. The first kappa shape index (κ1) is 7.71. The van der Waals surface area contributed by atoms with Crippen molar-refractivity contribution in [1.82, 2.24) is 0 Å². The number of hydrogen-bond acceptors (Lipinski definition) is 2. The maximum atomic E-state index is 11.4. The Hall–Kier alpha value is -0.930. The molecule has 3 heteroatoms.